The molecule has 1 saturated carbocycles. The molecular weight excluding hydrogens is 436 g/mol. The number of aryl methyl sites for hydroxylation is 3. The molecule has 0 spiro atoms. The second kappa shape index (κ2) is 16.3. The quantitative estimate of drug-likeness (QED) is 0.152. The number of methoxy groups -OCH3 is 1. The predicted octanol–water partition coefficient (Wildman–Crippen LogP) is 8.47. The molecule has 0 saturated heterocycles. The van der Waals surface area contributed by atoms with Crippen molar-refractivity contribution < 1.29 is 19.1 Å². The van der Waals surface area contributed by atoms with Crippen molar-refractivity contribution in [2.45, 2.75) is 118 Å². The summed E-state index contributed by atoms with van der Waals surface area (Å²) in [6.45, 7) is 23.2. The molecule has 1 aliphatic carbocycles. The normalized spacial score (nSPS) is 12.4. The number of esters is 2. The largest absolute Gasteiger partial charge is 0.465 e. The van der Waals surface area contributed by atoms with Crippen LogP contribution in [0.5, 0.6) is 0 Å². The van der Waals surface area contributed by atoms with Gasteiger partial charge in [0.2, 0.25) is 0 Å². The van der Waals surface area contributed by atoms with Gasteiger partial charge in [0.15, 0.2) is 0 Å². The van der Waals surface area contributed by atoms with E-state index >= 15 is 0 Å². The lowest BCUT2D eigenvalue weighted by Gasteiger charge is -2.19. The summed E-state index contributed by atoms with van der Waals surface area (Å²) < 4.78 is 9.58. The lowest BCUT2D eigenvalue weighted by molar-refractivity contribution is -0.155. The SMILES string of the molecule is C=C(C)C(=C)C(=O)OC.CCCCCCCC(=O)OC(C)(C)C.Cc1cc(C)c(C2CC2)cc1C. The summed E-state index contributed by atoms with van der Waals surface area (Å²) in [6.07, 6.45) is 9.25. The summed E-state index contributed by atoms with van der Waals surface area (Å²) in [5.41, 5.74) is 6.60. The van der Waals surface area contributed by atoms with Crippen molar-refractivity contribution in [3.05, 3.63) is 58.7 Å². The van der Waals surface area contributed by atoms with Gasteiger partial charge in [-0.25, -0.2) is 4.79 Å². The molecular formula is C31H50O4. The van der Waals surface area contributed by atoms with Crippen LogP contribution in [0.1, 0.15) is 114 Å². The average molecular weight is 487 g/mol. The van der Waals surface area contributed by atoms with Gasteiger partial charge in [-0.1, -0.05) is 57.9 Å². The Morgan fingerprint density at radius 2 is 1.49 bits per heavy atom. The van der Waals surface area contributed by atoms with E-state index in [-0.39, 0.29) is 11.6 Å². The first-order chi connectivity index (χ1) is 16.2. The first-order valence-electron chi connectivity index (χ1n) is 13.0. The fourth-order valence-corrected chi connectivity index (χ4v) is 3.38. The standard InChI is InChI=1S/C12H24O2.C12H16.C7H10O2/c1-5-6-7-8-9-10-11(13)14-12(2,3)4;1-8-6-10(3)12(7-9(8)2)11-4-5-11;1-5(2)6(3)7(8)9-4/h5-10H2,1-4H3;6-7,11H,4-5H2,1-3H3;1,3H2,2,4H3. The van der Waals surface area contributed by atoms with Gasteiger partial charge in [0.1, 0.15) is 5.60 Å². The third kappa shape index (κ3) is 15.3. The van der Waals surface area contributed by atoms with Gasteiger partial charge in [-0.05, 0) is 101 Å². The lowest BCUT2D eigenvalue weighted by atomic mass is 9.98. The fraction of sp³-hybridized carbons (Fsp3) is 0.613. The lowest BCUT2D eigenvalue weighted by Crippen LogP contribution is -2.23. The molecule has 0 atom stereocenters. The predicted molar refractivity (Wildman–Crippen MR) is 148 cm³/mol. The van der Waals surface area contributed by atoms with E-state index in [0.29, 0.717) is 17.6 Å². The van der Waals surface area contributed by atoms with Crippen molar-refractivity contribution in [3.8, 4) is 0 Å². The molecule has 0 amide bonds. The third-order valence-corrected chi connectivity index (χ3v) is 5.75. The Morgan fingerprint density at radius 3 is 1.91 bits per heavy atom. The number of hydrogen-bond donors (Lipinski definition) is 0. The van der Waals surface area contributed by atoms with Crippen LogP contribution < -0.4 is 0 Å². The number of ether oxygens (including phenoxy) is 2. The molecule has 1 aliphatic rings. The first kappa shape index (κ1) is 32.6. The van der Waals surface area contributed by atoms with Gasteiger partial charge in [-0.3, -0.25) is 4.79 Å². The van der Waals surface area contributed by atoms with E-state index in [1.165, 1.54) is 55.9 Å². The van der Waals surface area contributed by atoms with Gasteiger partial charge in [0, 0.05) is 6.42 Å². The van der Waals surface area contributed by atoms with Gasteiger partial charge < -0.3 is 9.47 Å². The van der Waals surface area contributed by atoms with Crippen molar-refractivity contribution in [1.82, 2.24) is 0 Å². The maximum Gasteiger partial charge on any atom is 0.337 e. The highest BCUT2D eigenvalue weighted by atomic mass is 16.6. The second-order valence-corrected chi connectivity index (χ2v) is 10.6. The van der Waals surface area contributed by atoms with E-state index < -0.39 is 5.97 Å². The molecule has 35 heavy (non-hydrogen) atoms. The summed E-state index contributed by atoms with van der Waals surface area (Å²) in [6, 6.07) is 4.70. The van der Waals surface area contributed by atoms with Crippen molar-refractivity contribution >= 4 is 11.9 Å². The van der Waals surface area contributed by atoms with Crippen molar-refractivity contribution in [2.24, 2.45) is 0 Å². The third-order valence-electron chi connectivity index (χ3n) is 5.75. The maximum absolute atomic E-state index is 11.3. The van der Waals surface area contributed by atoms with E-state index in [4.69, 9.17) is 4.74 Å². The minimum atomic E-state index is -0.414. The first-order valence-corrected chi connectivity index (χ1v) is 13.0. The number of benzene rings is 1. The highest BCUT2D eigenvalue weighted by Gasteiger charge is 2.25. The number of unbranched alkanes of at least 4 members (excludes halogenated alkanes) is 4. The molecule has 4 heteroatoms. The monoisotopic (exact) mass is 486 g/mol. The molecule has 0 aromatic heterocycles. The van der Waals surface area contributed by atoms with Crippen LogP contribution in [0.15, 0.2) is 36.4 Å². The van der Waals surface area contributed by atoms with Crippen molar-refractivity contribution in [2.75, 3.05) is 7.11 Å². The van der Waals surface area contributed by atoms with Gasteiger partial charge in [0.05, 0.1) is 12.7 Å². The van der Waals surface area contributed by atoms with Gasteiger partial charge >= 0.3 is 11.9 Å². The minimum Gasteiger partial charge on any atom is -0.465 e. The van der Waals surface area contributed by atoms with Crippen molar-refractivity contribution in [3.63, 3.8) is 0 Å². The van der Waals surface area contributed by atoms with E-state index in [1.807, 2.05) is 20.8 Å². The van der Waals surface area contributed by atoms with E-state index in [2.05, 4.69) is 57.7 Å². The van der Waals surface area contributed by atoms with Crippen LogP contribution in [-0.2, 0) is 19.1 Å². The number of rotatable bonds is 9. The molecule has 0 unspecified atom stereocenters. The molecule has 4 nitrogen and oxygen atoms in total. The Balaban J connectivity index is 0.000000507. The summed E-state index contributed by atoms with van der Waals surface area (Å²) in [4.78, 5) is 21.8. The molecule has 0 radical (unpaired) electrons. The van der Waals surface area contributed by atoms with E-state index in [1.54, 1.807) is 12.5 Å². The van der Waals surface area contributed by atoms with Crippen LogP contribution in [-0.4, -0.2) is 24.6 Å². The molecule has 1 aromatic rings. The molecule has 1 aromatic carbocycles. The Morgan fingerprint density at radius 1 is 0.943 bits per heavy atom. The van der Waals surface area contributed by atoms with Gasteiger partial charge in [-0.15, -0.1) is 0 Å². The topological polar surface area (TPSA) is 52.6 Å². The zero-order valence-corrected chi connectivity index (χ0v) is 23.9. The Labute approximate surface area is 215 Å². The minimum absolute atomic E-state index is 0.0611. The molecule has 198 valence electrons. The van der Waals surface area contributed by atoms with Crippen LogP contribution >= 0.6 is 0 Å². The van der Waals surface area contributed by atoms with Gasteiger partial charge in [-0.2, -0.15) is 0 Å². The summed E-state index contributed by atoms with van der Waals surface area (Å²) >= 11 is 0. The molecule has 0 heterocycles. The maximum atomic E-state index is 11.3. The summed E-state index contributed by atoms with van der Waals surface area (Å²) in [5.74, 6) is 0.417. The summed E-state index contributed by atoms with van der Waals surface area (Å²) in [7, 11) is 1.32. The summed E-state index contributed by atoms with van der Waals surface area (Å²) in [5, 5.41) is 0. The smallest absolute Gasteiger partial charge is 0.337 e. The number of carbonyl (C=O) groups excluding carboxylic acids is 2. The highest BCUT2D eigenvalue weighted by molar-refractivity contribution is 5.92. The average Bonchev–Trinajstić information content (AvgIpc) is 3.60. The molecule has 2 rings (SSSR count). The zero-order valence-electron chi connectivity index (χ0n) is 23.9. The zero-order chi connectivity index (χ0) is 27.2. The molecule has 0 bridgehead atoms. The van der Waals surface area contributed by atoms with Crippen LogP contribution in [0.4, 0.5) is 0 Å². The van der Waals surface area contributed by atoms with Crippen LogP contribution in [0.25, 0.3) is 0 Å². The van der Waals surface area contributed by atoms with E-state index in [0.717, 1.165) is 18.8 Å². The Bertz CT molecular complexity index is 838. The van der Waals surface area contributed by atoms with Crippen LogP contribution in [0, 0.1) is 20.8 Å². The van der Waals surface area contributed by atoms with E-state index in [9.17, 15) is 9.59 Å². The number of hydrogen-bond acceptors (Lipinski definition) is 4. The highest BCUT2D eigenvalue weighted by Crippen LogP contribution is 2.42. The fourth-order valence-electron chi connectivity index (χ4n) is 3.38. The van der Waals surface area contributed by atoms with Gasteiger partial charge in [0.25, 0.3) is 0 Å². The molecule has 0 aliphatic heterocycles. The second-order valence-electron chi connectivity index (χ2n) is 10.6. The van der Waals surface area contributed by atoms with Crippen LogP contribution in [0.3, 0.4) is 0 Å². The number of carbonyl (C=O) groups is 2. The van der Waals surface area contributed by atoms with Crippen LogP contribution in [0.2, 0.25) is 0 Å². The Hall–Kier alpha value is -2.36. The molecule has 0 N–H and O–H groups in total. The Kier molecular flexibility index (Phi) is 15.2. The van der Waals surface area contributed by atoms with Crippen molar-refractivity contribution in [1.29, 1.82) is 0 Å². The molecule has 1 fully saturated rings.